The Bertz CT molecular complexity index is 1330. The van der Waals surface area contributed by atoms with Gasteiger partial charge in [-0.3, -0.25) is 4.79 Å². The van der Waals surface area contributed by atoms with Gasteiger partial charge in [0.15, 0.2) is 6.29 Å². The average molecular weight is 589 g/mol. The van der Waals surface area contributed by atoms with Gasteiger partial charge in [0.2, 0.25) is 5.13 Å². The van der Waals surface area contributed by atoms with Gasteiger partial charge >= 0.3 is 0 Å². The number of thioether (sulfide) groups is 1. The predicted molar refractivity (Wildman–Crippen MR) is 149 cm³/mol. The summed E-state index contributed by atoms with van der Waals surface area (Å²) < 4.78 is 2.55. The summed E-state index contributed by atoms with van der Waals surface area (Å²) in [5.41, 5.74) is 3.96. The third-order valence-corrected chi connectivity index (χ3v) is 7.72. The Morgan fingerprint density at radius 2 is 1.46 bits per heavy atom. The Hall–Kier alpha value is -1.58. The molecular weight excluding hydrogens is 568 g/mol. The first-order valence-electron chi connectivity index (χ1n) is 10.3. The molecule has 0 aliphatic carbocycles. The number of carbonyl (C=O) groups excluding carboxylic acids is 1. The largest absolute Gasteiger partial charge is 0.400 e. The van der Waals surface area contributed by atoms with E-state index in [2.05, 4.69) is 18.9 Å². The van der Waals surface area contributed by atoms with E-state index in [4.69, 9.17) is 56.5 Å². The Labute approximate surface area is 232 Å². The number of aldehydes is 1. The topological polar surface area (TPSA) is 68.0 Å². The standard InChI is InChI=1S/C23H17Cl4N3OS2.CH4O/c1-11(2)32-22-21(14-6-17(26)9-18(27)7-14)28-23(33-22)30-19(10-31)20(12(3)29-30)13-4-15(24)8-16(25)5-13;1-2/h4-11H,1-3H3;2H,1H3. The number of aliphatic hydroxyl groups excluding tert-OH is 1. The summed E-state index contributed by atoms with van der Waals surface area (Å²) in [7, 11) is 1.00. The van der Waals surface area contributed by atoms with Crippen LogP contribution in [-0.2, 0) is 0 Å². The molecule has 0 saturated heterocycles. The minimum Gasteiger partial charge on any atom is -0.400 e. The monoisotopic (exact) mass is 587 g/mol. The molecule has 4 rings (SSSR count). The zero-order valence-electron chi connectivity index (χ0n) is 19.1. The highest BCUT2D eigenvalue weighted by molar-refractivity contribution is 8.01. The van der Waals surface area contributed by atoms with Gasteiger partial charge in [-0.25, -0.2) is 9.67 Å². The van der Waals surface area contributed by atoms with Crippen LogP contribution in [0.15, 0.2) is 40.6 Å². The molecule has 1 N–H and O–H groups in total. The van der Waals surface area contributed by atoms with Gasteiger partial charge in [0, 0.05) is 43.6 Å². The van der Waals surface area contributed by atoms with E-state index >= 15 is 0 Å². The molecule has 5 nitrogen and oxygen atoms in total. The van der Waals surface area contributed by atoms with Crippen LogP contribution in [0.5, 0.6) is 0 Å². The quantitative estimate of drug-likeness (QED) is 0.180. The Balaban J connectivity index is 0.00000167. The highest BCUT2D eigenvalue weighted by Crippen LogP contribution is 2.42. The molecule has 0 spiro atoms. The normalized spacial score (nSPS) is 10.9. The van der Waals surface area contributed by atoms with Crippen LogP contribution in [-0.4, -0.2) is 38.5 Å². The first kappa shape index (κ1) is 28.0. The maximum atomic E-state index is 12.2. The van der Waals surface area contributed by atoms with Gasteiger partial charge in [-0.2, -0.15) is 5.10 Å². The Kier molecular flexibility index (Phi) is 9.68. The lowest BCUT2D eigenvalue weighted by Gasteiger charge is -2.05. The molecule has 0 aliphatic heterocycles. The van der Waals surface area contributed by atoms with Crippen molar-refractivity contribution in [2.75, 3.05) is 7.11 Å². The molecule has 2 aromatic heterocycles. The van der Waals surface area contributed by atoms with Gasteiger partial charge in [0.1, 0.15) is 5.69 Å². The zero-order chi connectivity index (χ0) is 25.9. The molecule has 0 bridgehead atoms. The fourth-order valence-corrected chi connectivity index (χ4v) is 6.94. The minimum atomic E-state index is 0.320. The van der Waals surface area contributed by atoms with Gasteiger partial charge in [0.05, 0.1) is 15.6 Å². The van der Waals surface area contributed by atoms with Crippen molar-refractivity contribution in [3.05, 3.63) is 67.9 Å². The summed E-state index contributed by atoms with van der Waals surface area (Å²) in [6, 6.07) is 10.5. The molecule has 0 atom stereocenters. The number of nitrogens with zero attached hydrogens (tertiary/aromatic N) is 3. The molecule has 0 amide bonds. The lowest BCUT2D eigenvalue weighted by Crippen LogP contribution is -2.01. The summed E-state index contributed by atoms with van der Waals surface area (Å²) in [4.78, 5) is 17.1. The van der Waals surface area contributed by atoms with Crippen LogP contribution in [0.25, 0.3) is 27.5 Å². The second-order valence-electron chi connectivity index (χ2n) is 7.49. The van der Waals surface area contributed by atoms with Crippen LogP contribution in [0.1, 0.15) is 30.0 Å². The lowest BCUT2D eigenvalue weighted by molar-refractivity contribution is 0.111. The molecule has 0 saturated carbocycles. The fraction of sp³-hybridized carbons (Fsp3) is 0.208. The van der Waals surface area contributed by atoms with Crippen LogP contribution in [0.2, 0.25) is 20.1 Å². The number of carbonyl (C=O) groups is 1. The zero-order valence-corrected chi connectivity index (χ0v) is 23.8. The van der Waals surface area contributed by atoms with Gasteiger partial charge in [-0.05, 0) is 48.9 Å². The first-order chi connectivity index (χ1) is 16.7. The van der Waals surface area contributed by atoms with Gasteiger partial charge in [-0.1, -0.05) is 71.6 Å². The number of hydrogen-bond acceptors (Lipinski definition) is 6. The van der Waals surface area contributed by atoms with Gasteiger partial charge in [0.25, 0.3) is 0 Å². The van der Waals surface area contributed by atoms with Crippen molar-refractivity contribution in [3.63, 3.8) is 0 Å². The number of halogens is 4. The average Bonchev–Trinajstić information content (AvgIpc) is 3.33. The minimum absolute atomic E-state index is 0.320. The van der Waals surface area contributed by atoms with Crippen molar-refractivity contribution in [1.29, 1.82) is 0 Å². The Morgan fingerprint density at radius 3 is 1.94 bits per heavy atom. The number of benzene rings is 2. The maximum absolute atomic E-state index is 12.2. The number of hydrogen-bond donors (Lipinski definition) is 1. The lowest BCUT2D eigenvalue weighted by atomic mass is 10.0. The van der Waals surface area contributed by atoms with Crippen LogP contribution in [0.3, 0.4) is 0 Å². The molecule has 0 fully saturated rings. The number of aromatic nitrogens is 3. The van der Waals surface area contributed by atoms with Crippen molar-refractivity contribution < 1.29 is 9.90 Å². The van der Waals surface area contributed by atoms with E-state index in [1.807, 2.05) is 19.1 Å². The molecule has 0 radical (unpaired) electrons. The van der Waals surface area contributed by atoms with Crippen molar-refractivity contribution in [3.8, 4) is 27.5 Å². The predicted octanol–water partition coefficient (Wildman–Crippen LogP) is 8.51. The van der Waals surface area contributed by atoms with E-state index in [1.54, 1.807) is 40.7 Å². The van der Waals surface area contributed by atoms with Crippen molar-refractivity contribution in [2.45, 2.75) is 30.2 Å². The number of aliphatic hydroxyl groups is 1. The maximum Gasteiger partial charge on any atom is 0.212 e. The van der Waals surface area contributed by atoms with Crippen molar-refractivity contribution in [2.24, 2.45) is 0 Å². The van der Waals surface area contributed by atoms with E-state index in [1.165, 1.54) is 11.3 Å². The molecule has 0 unspecified atom stereocenters. The molecule has 0 aliphatic rings. The Morgan fingerprint density at radius 1 is 0.943 bits per heavy atom. The van der Waals surface area contributed by atoms with Gasteiger partial charge < -0.3 is 5.11 Å². The summed E-state index contributed by atoms with van der Waals surface area (Å²) in [6.07, 6.45) is 0.775. The summed E-state index contributed by atoms with van der Waals surface area (Å²) in [5.74, 6) is 0. The molecule has 4 aromatic rings. The van der Waals surface area contributed by atoms with Crippen LogP contribution >= 0.6 is 69.5 Å². The number of rotatable bonds is 6. The van der Waals surface area contributed by atoms with Crippen LogP contribution in [0, 0.1) is 6.92 Å². The molecule has 11 heteroatoms. The number of thiazole rings is 1. The van der Waals surface area contributed by atoms with Gasteiger partial charge in [-0.15, -0.1) is 11.8 Å². The summed E-state index contributed by atoms with van der Waals surface area (Å²) in [6.45, 7) is 6.05. The molecule has 184 valence electrons. The molecule has 35 heavy (non-hydrogen) atoms. The molecule has 2 heterocycles. The van der Waals surface area contributed by atoms with Crippen molar-refractivity contribution in [1.82, 2.24) is 14.8 Å². The molecular formula is C24H21Cl4N3O2S2. The first-order valence-corrected chi connectivity index (χ1v) is 13.5. The summed E-state index contributed by atoms with van der Waals surface area (Å²) in [5, 5.41) is 14.5. The third kappa shape index (κ3) is 6.41. The third-order valence-electron chi connectivity index (χ3n) is 4.60. The van der Waals surface area contributed by atoms with Crippen LogP contribution < -0.4 is 0 Å². The number of aryl methyl sites for hydroxylation is 1. The highest BCUT2D eigenvalue weighted by Gasteiger charge is 2.23. The van der Waals surface area contributed by atoms with Crippen LogP contribution in [0.4, 0.5) is 0 Å². The highest BCUT2D eigenvalue weighted by atomic mass is 35.5. The molecule has 2 aromatic carbocycles. The fourth-order valence-electron chi connectivity index (χ4n) is 3.41. The summed E-state index contributed by atoms with van der Waals surface area (Å²) >= 11 is 28.0. The van der Waals surface area contributed by atoms with E-state index in [0.29, 0.717) is 53.0 Å². The second kappa shape index (κ2) is 12.1. The second-order valence-corrected chi connectivity index (χ2v) is 12.1. The van der Waals surface area contributed by atoms with E-state index in [-0.39, 0.29) is 0 Å². The van der Waals surface area contributed by atoms with E-state index in [0.717, 1.165) is 28.9 Å². The van der Waals surface area contributed by atoms with E-state index < -0.39 is 0 Å². The van der Waals surface area contributed by atoms with Crippen molar-refractivity contribution >= 4 is 75.8 Å². The van der Waals surface area contributed by atoms with E-state index in [9.17, 15) is 4.79 Å². The SMILES string of the molecule is CO.Cc1nn(-c2nc(-c3cc(Cl)cc(Cl)c3)c(SC(C)C)s2)c(C=O)c1-c1cc(Cl)cc(Cl)c1. The smallest absolute Gasteiger partial charge is 0.212 e.